The Kier molecular flexibility index (Phi) is 2.30. The van der Waals surface area contributed by atoms with Gasteiger partial charge in [-0.05, 0) is 23.1 Å². The predicted octanol–water partition coefficient (Wildman–Crippen LogP) is 3.33. The normalized spacial score (nSPS) is 30.2. The zero-order valence-corrected chi connectivity index (χ0v) is 11.1. The van der Waals surface area contributed by atoms with Crippen LogP contribution in [-0.2, 0) is 10.3 Å². The molecule has 0 aromatic heterocycles. The summed E-state index contributed by atoms with van der Waals surface area (Å²) in [6, 6.07) is 7.81. The van der Waals surface area contributed by atoms with E-state index >= 15 is 0 Å². The van der Waals surface area contributed by atoms with Crippen LogP contribution in [0.15, 0.2) is 36.4 Å². The van der Waals surface area contributed by atoms with Crippen molar-refractivity contribution in [3.05, 3.63) is 47.5 Å². The largest absolute Gasteiger partial charge is 0.365 e. The van der Waals surface area contributed by atoms with Gasteiger partial charge in [0.1, 0.15) is 5.60 Å². The Bertz CT molecular complexity index is 536. The zero-order valence-electron chi connectivity index (χ0n) is 11.1. The lowest BCUT2D eigenvalue weighted by atomic mass is 9.62. The predicted molar refractivity (Wildman–Crippen MR) is 70.5 cm³/mol. The number of hydrogen-bond donors (Lipinski definition) is 0. The van der Waals surface area contributed by atoms with Crippen LogP contribution in [-0.4, -0.2) is 12.4 Å². The van der Waals surface area contributed by atoms with Crippen molar-refractivity contribution in [2.24, 2.45) is 11.3 Å². The lowest BCUT2D eigenvalue weighted by Crippen LogP contribution is -2.56. The summed E-state index contributed by atoms with van der Waals surface area (Å²) in [6.45, 7) is 7.45. The lowest BCUT2D eigenvalue weighted by Gasteiger charge is -2.55. The molecular formula is C16H18O2. The van der Waals surface area contributed by atoms with Crippen molar-refractivity contribution < 1.29 is 9.53 Å². The number of allylic oxidation sites excluding steroid dienone is 1. The first kappa shape index (κ1) is 11.7. The summed E-state index contributed by atoms with van der Waals surface area (Å²) in [7, 11) is 0. The fourth-order valence-corrected chi connectivity index (χ4v) is 3.09. The van der Waals surface area contributed by atoms with E-state index in [9.17, 15) is 4.79 Å². The third kappa shape index (κ3) is 1.42. The average molecular weight is 242 g/mol. The van der Waals surface area contributed by atoms with Gasteiger partial charge in [-0.1, -0.05) is 45.0 Å². The summed E-state index contributed by atoms with van der Waals surface area (Å²) in [5.41, 5.74) is 1.59. The summed E-state index contributed by atoms with van der Waals surface area (Å²) in [5, 5.41) is 0. The van der Waals surface area contributed by atoms with Gasteiger partial charge >= 0.3 is 0 Å². The molecule has 0 saturated carbocycles. The van der Waals surface area contributed by atoms with Crippen LogP contribution in [0.5, 0.6) is 0 Å². The van der Waals surface area contributed by atoms with Crippen LogP contribution in [0.3, 0.4) is 0 Å². The van der Waals surface area contributed by atoms with Crippen LogP contribution in [0.4, 0.5) is 0 Å². The van der Waals surface area contributed by atoms with E-state index in [4.69, 9.17) is 4.74 Å². The topological polar surface area (TPSA) is 26.3 Å². The molecule has 0 N–H and O–H groups in total. The minimum atomic E-state index is -0.386. The Labute approximate surface area is 108 Å². The molecule has 1 unspecified atom stereocenters. The molecule has 1 saturated heterocycles. The third-order valence-electron chi connectivity index (χ3n) is 4.15. The van der Waals surface area contributed by atoms with Crippen molar-refractivity contribution >= 4 is 5.78 Å². The molecule has 1 aliphatic carbocycles. The summed E-state index contributed by atoms with van der Waals surface area (Å²) in [5.74, 6) is 0.495. The van der Waals surface area contributed by atoms with E-state index < -0.39 is 0 Å². The quantitative estimate of drug-likeness (QED) is 0.697. The maximum atomic E-state index is 11.9. The summed E-state index contributed by atoms with van der Waals surface area (Å²) >= 11 is 0. The Morgan fingerprint density at radius 1 is 1.28 bits per heavy atom. The number of carbonyl (C=O) groups is 1. The van der Waals surface area contributed by atoms with E-state index in [1.54, 1.807) is 6.08 Å². The number of fused-ring (bicyclic) bond motifs is 2. The zero-order chi connectivity index (χ0) is 13.0. The fraction of sp³-hybridized carbons (Fsp3) is 0.438. The highest BCUT2D eigenvalue weighted by Gasteiger charge is 2.55. The number of hydrogen-bond acceptors (Lipinski definition) is 2. The van der Waals surface area contributed by atoms with Crippen LogP contribution in [0.1, 0.15) is 36.7 Å². The molecular weight excluding hydrogens is 224 g/mol. The van der Waals surface area contributed by atoms with Crippen LogP contribution in [0, 0.1) is 11.3 Å². The molecule has 2 nitrogen and oxygen atoms in total. The maximum Gasteiger partial charge on any atom is 0.186 e. The molecule has 1 aromatic carbocycles. The number of carbonyl (C=O) groups excluding carboxylic acids is 1. The summed E-state index contributed by atoms with van der Waals surface area (Å²) in [6.07, 6.45) is 3.62. The molecule has 1 aromatic rings. The van der Waals surface area contributed by atoms with Crippen LogP contribution in [0.25, 0.3) is 0 Å². The first-order valence-corrected chi connectivity index (χ1v) is 6.42. The number of benzene rings is 1. The van der Waals surface area contributed by atoms with Gasteiger partial charge in [0.05, 0.1) is 6.61 Å². The van der Waals surface area contributed by atoms with Gasteiger partial charge < -0.3 is 4.74 Å². The minimum absolute atomic E-state index is 0.0828. The van der Waals surface area contributed by atoms with Gasteiger partial charge in [-0.25, -0.2) is 0 Å². The SMILES string of the molecule is CC(C)(C)[C@H]1COC12C=CC(=O)c1ccccc12. The second-order valence-corrected chi connectivity index (χ2v) is 6.27. The van der Waals surface area contributed by atoms with Gasteiger partial charge in [0.15, 0.2) is 5.78 Å². The van der Waals surface area contributed by atoms with E-state index in [2.05, 4.69) is 20.8 Å². The van der Waals surface area contributed by atoms with Gasteiger partial charge in [-0.15, -0.1) is 0 Å². The van der Waals surface area contributed by atoms with Gasteiger partial charge in [0.2, 0.25) is 0 Å². The van der Waals surface area contributed by atoms with E-state index in [1.165, 1.54) is 0 Å². The molecule has 1 heterocycles. The van der Waals surface area contributed by atoms with Gasteiger partial charge in [-0.2, -0.15) is 0 Å². The Balaban J connectivity index is 2.15. The molecule has 0 amide bonds. The lowest BCUT2D eigenvalue weighted by molar-refractivity contribution is -0.215. The molecule has 18 heavy (non-hydrogen) atoms. The molecule has 1 spiro atoms. The van der Waals surface area contributed by atoms with Crippen molar-refractivity contribution in [1.82, 2.24) is 0 Å². The smallest absolute Gasteiger partial charge is 0.186 e. The van der Waals surface area contributed by atoms with Crippen LogP contribution in [0.2, 0.25) is 0 Å². The Hall–Kier alpha value is -1.41. The van der Waals surface area contributed by atoms with Crippen LogP contribution >= 0.6 is 0 Å². The number of ketones is 1. The molecule has 2 atom stereocenters. The fourth-order valence-electron chi connectivity index (χ4n) is 3.09. The molecule has 3 rings (SSSR count). The second kappa shape index (κ2) is 3.55. The first-order chi connectivity index (χ1) is 8.45. The highest BCUT2D eigenvalue weighted by Crippen LogP contribution is 2.53. The van der Waals surface area contributed by atoms with E-state index in [0.29, 0.717) is 5.92 Å². The molecule has 0 radical (unpaired) electrons. The average Bonchev–Trinajstić information content (AvgIpc) is 2.26. The first-order valence-electron chi connectivity index (χ1n) is 6.42. The molecule has 1 fully saturated rings. The van der Waals surface area contributed by atoms with Crippen molar-refractivity contribution in [3.8, 4) is 0 Å². The van der Waals surface area contributed by atoms with Gasteiger partial charge in [-0.3, -0.25) is 4.79 Å². The number of rotatable bonds is 0. The molecule has 2 aliphatic rings. The minimum Gasteiger partial charge on any atom is -0.365 e. The van der Waals surface area contributed by atoms with E-state index in [-0.39, 0.29) is 16.8 Å². The Morgan fingerprint density at radius 3 is 2.61 bits per heavy atom. The van der Waals surface area contributed by atoms with Crippen molar-refractivity contribution in [3.63, 3.8) is 0 Å². The van der Waals surface area contributed by atoms with Gasteiger partial charge in [0.25, 0.3) is 0 Å². The van der Waals surface area contributed by atoms with Crippen molar-refractivity contribution in [2.75, 3.05) is 6.61 Å². The molecule has 1 aliphatic heterocycles. The molecule has 94 valence electrons. The number of ether oxygens (including phenoxy) is 1. The standard InChI is InChI=1S/C16H18O2/c1-15(2,3)14-10-18-16(14)9-8-13(17)11-6-4-5-7-12(11)16/h4-9,14H,10H2,1-3H3/t14-,16?/m1/s1. The maximum absolute atomic E-state index is 11.9. The van der Waals surface area contributed by atoms with E-state index in [0.717, 1.165) is 17.7 Å². The van der Waals surface area contributed by atoms with E-state index in [1.807, 2.05) is 30.3 Å². The molecule has 0 bridgehead atoms. The highest BCUT2D eigenvalue weighted by molar-refractivity contribution is 6.07. The molecule has 2 heteroatoms. The van der Waals surface area contributed by atoms with Crippen LogP contribution < -0.4 is 0 Å². The van der Waals surface area contributed by atoms with Crippen molar-refractivity contribution in [2.45, 2.75) is 26.4 Å². The van der Waals surface area contributed by atoms with Gasteiger partial charge in [0, 0.05) is 11.5 Å². The second-order valence-electron chi connectivity index (χ2n) is 6.27. The Morgan fingerprint density at radius 2 is 2.00 bits per heavy atom. The third-order valence-corrected chi connectivity index (χ3v) is 4.15. The highest BCUT2D eigenvalue weighted by atomic mass is 16.5. The van der Waals surface area contributed by atoms with Crippen molar-refractivity contribution in [1.29, 1.82) is 0 Å². The monoisotopic (exact) mass is 242 g/mol. The summed E-state index contributed by atoms with van der Waals surface area (Å²) in [4.78, 5) is 11.9. The summed E-state index contributed by atoms with van der Waals surface area (Å²) < 4.78 is 5.93.